The number of methoxy groups -OCH3 is 1. The molecule has 1 saturated carbocycles. The minimum atomic E-state index is -0.481. The summed E-state index contributed by atoms with van der Waals surface area (Å²) < 4.78 is 11.1. The molecule has 190 valence electrons. The number of nitrogens with zero attached hydrogens (tertiary/aromatic N) is 2. The van der Waals surface area contributed by atoms with Gasteiger partial charge in [-0.25, -0.2) is 4.79 Å². The number of benzene rings is 2. The fourth-order valence-corrected chi connectivity index (χ4v) is 4.45. The van der Waals surface area contributed by atoms with Gasteiger partial charge in [0.05, 0.1) is 7.11 Å². The van der Waals surface area contributed by atoms with E-state index in [1.165, 1.54) is 0 Å². The van der Waals surface area contributed by atoms with Gasteiger partial charge in [-0.05, 0) is 81.8 Å². The van der Waals surface area contributed by atoms with E-state index in [4.69, 9.17) is 9.47 Å². The number of ether oxygens (including phenoxy) is 2. The fraction of sp³-hybridized carbons (Fsp3) is 0.500. The second kappa shape index (κ2) is 11.6. The highest BCUT2D eigenvalue weighted by Gasteiger charge is 2.29. The van der Waals surface area contributed by atoms with E-state index >= 15 is 0 Å². The number of carbonyl (C=O) groups is 2. The zero-order chi connectivity index (χ0) is 25.6. The Labute approximate surface area is 209 Å². The molecule has 0 radical (unpaired) electrons. The van der Waals surface area contributed by atoms with Crippen molar-refractivity contribution in [2.75, 3.05) is 26.1 Å². The van der Waals surface area contributed by atoms with Crippen molar-refractivity contribution in [2.45, 2.75) is 70.7 Å². The Balaban J connectivity index is 1.59. The summed E-state index contributed by atoms with van der Waals surface area (Å²) in [6.45, 7) is 6.39. The normalized spacial score (nSPS) is 18.0. The monoisotopic (exact) mass is 481 g/mol. The molecule has 3 rings (SSSR count). The van der Waals surface area contributed by atoms with Crippen molar-refractivity contribution in [2.24, 2.45) is 0 Å². The van der Waals surface area contributed by atoms with E-state index in [1.54, 1.807) is 24.0 Å². The minimum absolute atomic E-state index is 0.210. The van der Waals surface area contributed by atoms with E-state index in [2.05, 4.69) is 17.4 Å². The van der Waals surface area contributed by atoms with Gasteiger partial charge in [0.2, 0.25) is 6.41 Å². The van der Waals surface area contributed by atoms with Gasteiger partial charge in [0.15, 0.2) is 0 Å². The third-order valence-electron chi connectivity index (χ3n) is 6.55. The molecule has 0 unspecified atom stereocenters. The summed E-state index contributed by atoms with van der Waals surface area (Å²) in [6, 6.07) is 14.8. The highest BCUT2D eigenvalue weighted by Crippen LogP contribution is 2.29. The van der Waals surface area contributed by atoms with Crippen LogP contribution >= 0.6 is 0 Å². The average molecular weight is 482 g/mol. The Morgan fingerprint density at radius 1 is 1.03 bits per heavy atom. The van der Waals surface area contributed by atoms with Gasteiger partial charge in [-0.1, -0.05) is 18.2 Å². The first kappa shape index (κ1) is 26.5. The molecule has 1 aliphatic carbocycles. The van der Waals surface area contributed by atoms with Crippen molar-refractivity contribution in [1.82, 2.24) is 10.2 Å². The van der Waals surface area contributed by atoms with Crippen molar-refractivity contribution in [3.05, 3.63) is 48.0 Å². The third kappa shape index (κ3) is 7.21. The molecule has 0 saturated heterocycles. The SMILES string of the molecule is COc1ccc(-c2ccc(N(C)C=O)cc2)cc1CN[C@H]1CC[C@H](N(C)C(=O)OC(C)(C)C)CC1. The number of hydrogen-bond acceptors (Lipinski definition) is 5. The largest absolute Gasteiger partial charge is 0.496 e. The Morgan fingerprint density at radius 2 is 1.66 bits per heavy atom. The molecule has 2 amide bonds. The van der Waals surface area contributed by atoms with Crippen molar-refractivity contribution in [1.29, 1.82) is 0 Å². The van der Waals surface area contributed by atoms with E-state index in [0.29, 0.717) is 12.6 Å². The van der Waals surface area contributed by atoms with Gasteiger partial charge in [-0.2, -0.15) is 0 Å². The maximum atomic E-state index is 12.4. The molecular weight excluding hydrogens is 442 g/mol. The summed E-state index contributed by atoms with van der Waals surface area (Å²) >= 11 is 0. The Morgan fingerprint density at radius 3 is 2.23 bits per heavy atom. The maximum Gasteiger partial charge on any atom is 0.410 e. The highest BCUT2D eigenvalue weighted by atomic mass is 16.6. The standard InChI is InChI=1S/C28H39N3O4/c1-28(2,3)35-27(33)31(5)25-14-10-23(11-15-25)29-18-22-17-21(9-16-26(22)34-6)20-7-12-24(13-8-20)30(4)19-32/h7-9,12-13,16-17,19,23,25,29H,10-11,14-15,18H2,1-6H3/t23-,25-. The van der Waals surface area contributed by atoms with Crippen molar-refractivity contribution in [3.63, 3.8) is 0 Å². The van der Waals surface area contributed by atoms with E-state index in [-0.39, 0.29) is 12.1 Å². The molecule has 0 bridgehead atoms. The molecule has 0 spiro atoms. The Bertz CT molecular complexity index is 992. The lowest BCUT2D eigenvalue weighted by molar-refractivity contribution is -0.107. The summed E-state index contributed by atoms with van der Waals surface area (Å²) in [7, 11) is 5.27. The number of anilines is 1. The third-order valence-corrected chi connectivity index (χ3v) is 6.55. The van der Waals surface area contributed by atoms with Crippen LogP contribution in [0.15, 0.2) is 42.5 Å². The molecule has 35 heavy (non-hydrogen) atoms. The smallest absolute Gasteiger partial charge is 0.410 e. The summed E-state index contributed by atoms with van der Waals surface area (Å²) in [5.74, 6) is 0.858. The van der Waals surface area contributed by atoms with Crippen LogP contribution in [0.3, 0.4) is 0 Å². The molecule has 0 heterocycles. The second-order valence-corrected chi connectivity index (χ2v) is 10.3. The first-order chi connectivity index (χ1) is 16.6. The second-order valence-electron chi connectivity index (χ2n) is 10.3. The van der Waals surface area contributed by atoms with Gasteiger partial charge >= 0.3 is 6.09 Å². The van der Waals surface area contributed by atoms with Crippen LogP contribution in [0.4, 0.5) is 10.5 Å². The summed E-state index contributed by atoms with van der Waals surface area (Å²) in [5, 5.41) is 3.69. The molecule has 2 aromatic rings. The minimum Gasteiger partial charge on any atom is -0.496 e. The van der Waals surface area contributed by atoms with Crippen LogP contribution in [0.1, 0.15) is 52.0 Å². The van der Waals surface area contributed by atoms with Crippen molar-refractivity contribution in [3.8, 4) is 16.9 Å². The molecule has 0 aliphatic heterocycles. The number of nitrogens with one attached hydrogen (secondary N) is 1. The van der Waals surface area contributed by atoms with E-state index in [9.17, 15) is 9.59 Å². The van der Waals surface area contributed by atoms with Crippen LogP contribution < -0.4 is 15.0 Å². The molecule has 0 aromatic heterocycles. The van der Waals surface area contributed by atoms with Crippen LogP contribution in [0.2, 0.25) is 0 Å². The van der Waals surface area contributed by atoms with E-state index in [1.807, 2.05) is 58.2 Å². The molecule has 7 nitrogen and oxygen atoms in total. The molecule has 1 aliphatic rings. The van der Waals surface area contributed by atoms with Gasteiger partial charge < -0.3 is 24.6 Å². The van der Waals surface area contributed by atoms with Gasteiger partial charge in [-0.3, -0.25) is 4.79 Å². The van der Waals surface area contributed by atoms with Crippen LogP contribution in [-0.2, 0) is 16.1 Å². The lowest BCUT2D eigenvalue weighted by atomic mass is 9.90. The molecular formula is C28H39N3O4. The van der Waals surface area contributed by atoms with Gasteiger partial charge in [0.25, 0.3) is 0 Å². The highest BCUT2D eigenvalue weighted by molar-refractivity contribution is 5.76. The van der Waals surface area contributed by atoms with Gasteiger partial charge in [0, 0.05) is 44.0 Å². The summed E-state index contributed by atoms with van der Waals surface area (Å²) in [6.07, 6.45) is 4.46. The van der Waals surface area contributed by atoms with Crippen LogP contribution in [0.25, 0.3) is 11.1 Å². The lowest BCUT2D eigenvalue weighted by Gasteiger charge is -2.36. The first-order valence-corrected chi connectivity index (χ1v) is 12.3. The number of amides is 2. The predicted molar refractivity (Wildman–Crippen MR) is 140 cm³/mol. The number of rotatable bonds is 8. The lowest BCUT2D eigenvalue weighted by Crippen LogP contribution is -2.44. The zero-order valence-corrected chi connectivity index (χ0v) is 21.8. The quantitative estimate of drug-likeness (QED) is 0.523. The Hall–Kier alpha value is -3.06. The zero-order valence-electron chi connectivity index (χ0n) is 21.8. The molecule has 1 N–H and O–H groups in total. The van der Waals surface area contributed by atoms with E-state index in [0.717, 1.165) is 60.2 Å². The number of carbonyl (C=O) groups excluding carboxylic acids is 2. The maximum absolute atomic E-state index is 12.4. The van der Waals surface area contributed by atoms with Crippen LogP contribution in [0, 0.1) is 0 Å². The van der Waals surface area contributed by atoms with Crippen LogP contribution in [0.5, 0.6) is 5.75 Å². The topological polar surface area (TPSA) is 71.1 Å². The average Bonchev–Trinajstić information content (AvgIpc) is 2.85. The molecule has 7 heteroatoms. The predicted octanol–water partition coefficient (Wildman–Crippen LogP) is 5.22. The van der Waals surface area contributed by atoms with Crippen molar-refractivity contribution < 1.29 is 19.1 Å². The summed E-state index contributed by atoms with van der Waals surface area (Å²) in [4.78, 5) is 26.7. The van der Waals surface area contributed by atoms with Crippen molar-refractivity contribution >= 4 is 18.2 Å². The molecule has 1 fully saturated rings. The molecule has 2 aromatic carbocycles. The Kier molecular flexibility index (Phi) is 8.78. The first-order valence-electron chi connectivity index (χ1n) is 12.3. The fourth-order valence-electron chi connectivity index (χ4n) is 4.45. The van der Waals surface area contributed by atoms with Gasteiger partial charge in [-0.15, -0.1) is 0 Å². The molecule has 0 atom stereocenters. The summed E-state index contributed by atoms with van der Waals surface area (Å²) in [5.41, 5.74) is 3.67. The van der Waals surface area contributed by atoms with Gasteiger partial charge in [0.1, 0.15) is 11.4 Å². The number of hydrogen-bond donors (Lipinski definition) is 1. The van der Waals surface area contributed by atoms with Crippen LogP contribution in [-0.4, -0.2) is 56.3 Å². The van der Waals surface area contributed by atoms with E-state index < -0.39 is 5.60 Å².